The SMILES string of the molecule is Cc1c(-c2ccc(C(N)=O)c3c2-c2ccc(C(C)(C)O)cc2C3)cccc1-n1c(=O)cc2c(Cl)cccn2c1=O. The summed E-state index contributed by atoms with van der Waals surface area (Å²) in [5.74, 6) is -0.516. The fourth-order valence-corrected chi connectivity index (χ4v) is 5.93. The van der Waals surface area contributed by atoms with E-state index in [0.717, 1.165) is 49.1 Å². The number of nitrogens with two attached hydrogens (primary N) is 1. The molecule has 0 spiro atoms. The molecule has 0 radical (unpaired) electrons. The number of amides is 1. The van der Waals surface area contributed by atoms with Crippen LogP contribution in [0, 0.1) is 6.92 Å². The number of primary amides is 1. The van der Waals surface area contributed by atoms with E-state index in [1.54, 1.807) is 50.4 Å². The molecule has 0 saturated heterocycles. The number of aliphatic hydroxyl groups is 1. The molecule has 3 aromatic carbocycles. The van der Waals surface area contributed by atoms with Crippen LogP contribution in [0.15, 0.2) is 82.5 Å². The normalized spacial score (nSPS) is 12.4. The fraction of sp³-hybridized carbons (Fsp3) is 0.156. The van der Waals surface area contributed by atoms with Crippen molar-refractivity contribution in [2.75, 3.05) is 0 Å². The summed E-state index contributed by atoms with van der Waals surface area (Å²) in [6, 6.07) is 19.5. The van der Waals surface area contributed by atoms with E-state index in [0.29, 0.717) is 28.2 Å². The van der Waals surface area contributed by atoms with Crippen LogP contribution in [0.5, 0.6) is 0 Å². The average molecular weight is 552 g/mol. The number of hydrogen-bond donors (Lipinski definition) is 2. The highest BCUT2D eigenvalue weighted by molar-refractivity contribution is 6.33. The monoisotopic (exact) mass is 551 g/mol. The molecule has 3 N–H and O–H groups in total. The van der Waals surface area contributed by atoms with Gasteiger partial charge in [-0.05, 0) is 96.0 Å². The highest BCUT2D eigenvalue weighted by atomic mass is 35.5. The van der Waals surface area contributed by atoms with E-state index in [1.807, 2.05) is 37.3 Å². The van der Waals surface area contributed by atoms with Crippen LogP contribution in [0.1, 0.15) is 46.5 Å². The van der Waals surface area contributed by atoms with Gasteiger partial charge in [-0.25, -0.2) is 9.36 Å². The molecule has 0 bridgehead atoms. The lowest BCUT2D eigenvalue weighted by Gasteiger charge is -2.19. The number of aromatic nitrogens is 2. The highest BCUT2D eigenvalue weighted by Gasteiger charge is 2.29. The Morgan fingerprint density at radius 2 is 1.73 bits per heavy atom. The smallest absolute Gasteiger partial charge is 0.340 e. The van der Waals surface area contributed by atoms with Crippen molar-refractivity contribution in [1.29, 1.82) is 0 Å². The van der Waals surface area contributed by atoms with E-state index >= 15 is 0 Å². The zero-order valence-corrected chi connectivity index (χ0v) is 22.9. The Labute approximate surface area is 234 Å². The predicted octanol–water partition coefficient (Wildman–Crippen LogP) is 4.98. The molecule has 1 aliphatic carbocycles. The second kappa shape index (κ2) is 9.05. The molecule has 8 heteroatoms. The van der Waals surface area contributed by atoms with E-state index < -0.39 is 22.8 Å². The van der Waals surface area contributed by atoms with Crippen molar-refractivity contribution in [2.45, 2.75) is 32.8 Å². The fourth-order valence-electron chi connectivity index (χ4n) is 5.71. The number of nitrogens with zero attached hydrogens (tertiary/aromatic N) is 2. The molecule has 0 aliphatic heterocycles. The number of carbonyl (C=O) groups excluding carboxylic acids is 1. The van der Waals surface area contributed by atoms with Crippen LogP contribution < -0.4 is 17.0 Å². The summed E-state index contributed by atoms with van der Waals surface area (Å²) in [6.07, 6.45) is 2.07. The molecular formula is C32H26ClN3O4. The van der Waals surface area contributed by atoms with Crippen LogP contribution in [-0.2, 0) is 12.0 Å². The van der Waals surface area contributed by atoms with Gasteiger partial charge in [-0.15, -0.1) is 0 Å². The number of pyridine rings is 1. The molecule has 1 amide bonds. The van der Waals surface area contributed by atoms with Crippen molar-refractivity contribution in [3.05, 3.63) is 127 Å². The third-order valence-electron chi connectivity index (χ3n) is 7.72. The summed E-state index contributed by atoms with van der Waals surface area (Å²) < 4.78 is 2.50. The van der Waals surface area contributed by atoms with Gasteiger partial charge in [0.2, 0.25) is 5.91 Å². The molecule has 200 valence electrons. The Bertz CT molecular complexity index is 2010. The van der Waals surface area contributed by atoms with Gasteiger partial charge in [0.1, 0.15) is 0 Å². The third-order valence-corrected chi connectivity index (χ3v) is 8.04. The first kappa shape index (κ1) is 25.8. The average Bonchev–Trinajstić information content (AvgIpc) is 3.28. The number of fused-ring (bicyclic) bond motifs is 4. The summed E-state index contributed by atoms with van der Waals surface area (Å²) in [4.78, 5) is 39.1. The maximum atomic E-state index is 13.5. The molecule has 2 heterocycles. The maximum Gasteiger partial charge on any atom is 0.340 e. The molecule has 7 nitrogen and oxygen atoms in total. The maximum absolute atomic E-state index is 13.5. The highest BCUT2D eigenvalue weighted by Crippen LogP contribution is 2.46. The Kier molecular flexibility index (Phi) is 5.83. The van der Waals surface area contributed by atoms with E-state index in [2.05, 4.69) is 0 Å². The Balaban J connectivity index is 1.60. The molecule has 5 aromatic rings. The van der Waals surface area contributed by atoms with Gasteiger partial charge in [-0.3, -0.25) is 14.0 Å². The van der Waals surface area contributed by atoms with Crippen molar-refractivity contribution in [3.63, 3.8) is 0 Å². The van der Waals surface area contributed by atoms with Gasteiger partial charge in [-0.2, -0.15) is 0 Å². The summed E-state index contributed by atoms with van der Waals surface area (Å²) in [6.45, 7) is 5.33. The first-order valence-corrected chi connectivity index (χ1v) is 13.2. The van der Waals surface area contributed by atoms with Crippen LogP contribution in [0.4, 0.5) is 0 Å². The van der Waals surface area contributed by atoms with Crippen LogP contribution in [-0.4, -0.2) is 20.0 Å². The van der Waals surface area contributed by atoms with Crippen molar-refractivity contribution in [2.24, 2.45) is 5.73 Å². The number of benzene rings is 3. The van der Waals surface area contributed by atoms with E-state index in [1.165, 1.54) is 10.5 Å². The van der Waals surface area contributed by atoms with Gasteiger partial charge in [0.15, 0.2) is 0 Å². The Morgan fingerprint density at radius 1 is 0.975 bits per heavy atom. The van der Waals surface area contributed by atoms with Gasteiger partial charge in [0.25, 0.3) is 5.56 Å². The molecule has 1 aliphatic rings. The minimum absolute atomic E-state index is 0.311. The van der Waals surface area contributed by atoms with Crippen LogP contribution in [0.2, 0.25) is 5.02 Å². The molecule has 0 atom stereocenters. The van der Waals surface area contributed by atoms with Crippen molar-refractivity contribution >= 4 is 23.0 Å². The topological polar surface area (TPSA) is 107 Å². The van der Waals surface area contributed by atoms with Crippen molar-refractivity contribution < 1.29 is 9.90 Å². The quantitative estimate of drug-likeness (QED) is 0.322. The first-order valence-electron chi connectivity index (χ1n) is 12.8. The van der Waals surface area contributed by atoms with Crippen molar-refractivity contribution in [3.8, 4) is 27.9 Å². The Morgan fingerprint density at radius 3 is 2.45 bits per heavy atom. The molecule has 40 heavy (non-hydrogen) atoms. The summed E-state index contributed by atoms with van der Waals surface area (Å²) in [7, 11) is 0. The lowest BCUT2D eigenvalue weighted by molar-refractivity contribution is 0.0785. The molecule has 2 aromatic heterocycles. The number of carbonyl (C=O) groups is 1. The lowest BCUT2D eigenvalue weighted by atomic mass is 9.88. The molecule has 0 saturated carbocycles. The van der Waals surface area contributed by atoms with Gasteiger partial charge in [0, 0.05) is 17.8 Å². The molecular weight excluding hydrogens is 526 g/mol. The summed E-state index contributed by atoms with van der Waals surface area (Å²) in [5.41, 5.74) is 11.7. The zero-order valence-electron chi connectivity index (χ0n) is 22.2. The van der Waals surface area contributed by atoms with Crippen molar-refractivity contribution in [1.82, 2.24) is 8.97 Å². The zero-order chi connectivity index (χ0) is 28.5. The Hall–Kier alpha value is -4.46. The molecule has 0 unspecified atom stereocenters. The van der Waals surface area contributed by atoms with E-state index in [-0.39, 0.29) is 0 Å². The predicted molar refractivity (Wildman–Crippen MR) is 156 cm³/mol. The van der Waals surface area contributed by atoms with Crippen LogP contribution in [0.3, 0.4) is 0 Å². The molecule has 6 rings (SSSR count). The lowest BCUT2D eigenvalue weighted by Crippen LogP contribution is -2.36. The first-order chi connectivity index (χ1) is 19.0. The second-order valence-corrected chi connectivity index (χ2v) is 11.1. The third kappa shape index (κ3) is 3.89. The second-order valence-electron chi connectivity index (χ2n) is 10.6. The van der Waals surface area contributed by atoms with E-state index in [4.69, 9.17) is 17.3 Å². The number of hydrogen-bond acceptors (Lipinski definition) is 4. The van der Waals surface area contributed by atoms with Crippen LogP contribution in [0.25, 0.3) is 33.5 Å². The van der Waals surface area contributed by atoms with Gasteiger partial charge >= 0.3 is 5.69 Å². The molecule has 0 fully saturated rings. The summed E-state index contributed by atoms with van der Waals surface area (Å²) in [5, 5.41) is 10.9. The van der Waals surface area contributed by atoms with Gasteiger partial charge < -0.3 is 10.8 Å². The minimum Gasteiger partial charge on any atom is -0.386 e. The van der Waals surface area contributed by atoms with Gasteiger partial charge in [0.05, 0.1) is 21.8 Å². The number of halogens is 1. The minimum atomic E-state index is -1.02. The number of rotatable bonds is 4. The van der Waals surface area contributed by atoms with Crippen LogP contribution >= 0.6 is 11.6 Å². The largest absolute Gasteiger partial charge is 0.386 e. The van der Waals surface area contributed by atoms with Gasteiger partial charge in [-0.1, -0.05) is 48.0 Å². The summed E-state index contributed by atoms with van der Waals surface area (Å²) >= 11 is 6.25. The standard InChI is InChI=1S/C32H26ClN3O4/c1-17-20(6-4-8-26(17)36-28(37)16-27-25(33)7-5-13-35(27)31(36)39)22-11-12-23(30(34)38)24-15-18-14-19(32(2,3)40)9-10-21(18)29(22)24/h4-14,16,40H,15H2,1-3H3,(H2,34,38). The van der Waals surface area contributed by atoms with E-state index in [9.17, 15) is 19.5 Å².